The van der Waals surface area contributed by atoms with Crippen molar-refractivity contribution in [3.8, 4) is 0 Å². The smallest absolute Gasteiger partial charge is 0.374 e. The molecule has 0 spiro atoms. The predicted octanol–water partition coefficient (Wildman–Crippen LogP) is 3.01. The average Bonchev–Trinajstić information content (AvgIpc) is 2.43. The summed E-state index contributed by atoms with van der Waals surface area (Å²) in [5, 5.41) is 0. The number of allylic oxidation sites excluding steroid dienone is 1. The molecule has 0 unspecified atom stereocenters. The molecule has 0 atom stereocenters. The molecule has 0 rings (SSSR count). The van der Waals surface area contributed by atoms with Crippen LogP contribution in [0.5, 0.6) is 0 Å². The molecule has 0 aromatic heterocycles. The van der Waals surface area contributed by atoms with Crippen LogP contribution in [0.1, 0.15) is 20.8 Å². The first-order chi connectivity index (χ1) is 9.59. The highest BCUT2D eigenvalue weighted by Gasteiger charge is 2.38. The van der Waals surface area contributed by atoms with Gasteiger partial charge in [0.25, 0.3) is 0 Å². The fourth-order valence-electron chi connectivity index (χ4n) is 1.43. The van der Waals surface area contributed by atoms with E-state index in [9.17, 15) is 0 Å². The van der Waals surface area contributed by atoms with Gasteiger partial charge in [0.2, 0.25) is 0 Å². The van der Waals surface area contributed by atoms with E-state index < -0.39 is 8.80 Å². The molecule has 5 nitrogen and oxygen atoms in total. The average molecular weight is 306 g/mol. The SMILES string of the molecule is C=CC(OC)OC.C=CC[Si](OCC)(OCC)OCC. The van der Waals surface area contributed by atoms with E-state index in [0.29, 0.717) is 25.9 Å². The van der Waals surface area contributed by atoms with Crippen molar-refractivity contribution in [2.24, 2.45) is 0 Å². The first kappa shape index (κ1) is 21.8. The highest BCUT2D eigenvalue weighted by molar-refractivity contribution is 6.61. The molecule has 0 aliphatic carbocycles. The van der Waals surface area contributed by atoms with Gasteiger partial charge in [-0.05, 0) is 26.8 Å². The maximum Gasteiger partial charge on any atom is 0.504 e. The van der Waals surface area contributed by atoms with Gasteiger partial charge >= 0.3 is 8.80 Å². The van der Waals surface area contributed by atoms with E-state index in [1.807, 2.05) is 20.8 Å². The minimum Gasteiger partial charge on any atom is -0.374 e. The topological polar surface area (TPSA) is 46.2 Å². The van der Waals surface area contributed by atoms with Crippen LogP contribution >= 0.6 is 0 Å². The molecule has 0 radical (unpaired) electrons. The third kappa shape index (κ3) is 10.3. The molecule has 0 aromatic rings. The van der Waals surface area contributed by atoms with Gasteiger partial charge in [0.05, 0.1) is 0 Å². The quantitative estimate of drug-likeness (QED) is 0.333. The summed E-state index contributed by atoms with van der Waals surface area (Å²) in [7, 11) is 0.717. The van der Waals surface area contributed by atoms with E-state index in [-0.39, 0.29) is 6.29 Å². The summed E-state index contributed by atoms with van der Waals surface area (Å²) in [5.41, 5.74) is 0. The van der Waals surface area contributed by atoms with Gasteiger partial charge in [-0.1, -0.05) is 12.7 Å². The minimum absolute atomic E-state index is 0.250. The summed E-state index contributed by atoms with van der Waals surface area (Å²) in [4.78, 5) is 0. The highest BCUT2D eigenvalue weighted by atomic mass is 28.4. The molecule has 0 saturated heterocycles. The molecule has 0 aliphatic rings. The van der Waals surface area contributed by atoms with Crippen LogP contribution in [-0.4, -0.2) is 49.1 Å². The van der Waals surface area contributed by atoms with Crippen LogP contribution < -0.4 is 0 Å². The van der Waals surface area contributed by atoms with Gasteiger partial charge in [0, 0.05) is 40.1 Å². The molecular formula is C14H30O5Si. The Bertz CT molecular complexity index is 215. The predicted molar refractivity (Wildman–Crippen MR) is 83.6 cm³/mol. The van der Waals surface area contributed by atoms with E-state index in [4.69, 9.17) is 22.8 Å². The van der Waals surface area contributed by atoms with Gasteiger partial charge < -0.3 is 22.8 Å². The van der Waals surface area contributed by atoms with Crippen molar-refractivity contribution in [1.82, 2.24) is 0 Å². The fraction of sp³-hybridized carbons (Fsp3) is 0.714. The van der Waals surface area contributed by atoms with Crippen molar-refractivity contribution < 1.29 is 22.8 Å². The monoisotopic (exact) mass is 306 g/mol. The van der Waals surface area contributed by atoms with Gasteiger partial charge in [-0.2, -0.15) is 0 Å². The van der Waals surface area contributed by atoms with E-state index in [0.717, 1.165) is 0 Å². The van der Waals surface area contributed by atoms with Gasteiger partial charge in [0.1, 0.15) is 0 Å². The first-order valence-corrected chi connectivity index (χ1v) is 8.73. The van der Waals surface area contributed by atoms with E-state index in [1.165, 1.54) is 0 Å². The zero-order chi connectivity index (χ0) is 15.9. The number of ether oxygens (including phenoxy) is 2. The van der Waals surface area contributed by atoms with Crippen molar-refractivity contribution in [3.05, 3.63) is 25.3 Å². The van der Waals surface area contributed by atoms with Crippen LogP contribution in [0.3, 0.4) is 0 Å². The zero-order valence-electron chi connectivity index (χ0n) is 13.5. The molecule has 0 heterocycles. The summed E-state index contributed by atoms with van der Waals surface area (Å²) in [6.45, 7) is 14.9. The molecule has 6 heteroatoms. The Kier molecular flexibility index (Phi) is 16.2. The third-order valence-electron chi connectivity index (χ3n) is 2.14. The molecule has 0 aromatic carbocycles. The Hall–Kier alpha value is -0.503. The summed E-state index contributed by atoms with van der Waals surface area (Å²) in [5.74, 6) is 0. The standard InChI is InChI=1S/C9H20O3Si.C5H10O2/c1-5-9-13(10-6-2,11-7-3)12-8-4;1-4-5(6-2)7-3/h5H,1,6-9H2,2-4H3;4-5H,1H2,2-3H3. The lowest BCUT2D eigenvalue weighted by atomic mass is 10.6. The Morgan fingerprint density at radius 3 is 1.45 bits per heavy atom. The molecule has 0 fully saturated rings. The summed E-state index contributed by atoms with van der Waals surface area (Å²) < 4.78 is 26.1. The van der Waals surface area contributed by atoms with E-state index in [2.05, 4.69) is 13.2 Å². The Balaban J connectivity index is 0. The van der Waals surface area contributed by atoms with Crippen molar-refractivity contribution in [2.45, 2.75) is 33.1 Å². The van der Waals surface area contributed by atoms with Crippen LogP contribution in [-0.2, 0) is 22.8 Å². The van der Waals surface area contributed by atoms with Gasteiger partial charge in [-0.25, -0.2) is 0 Å². The lowest BCUT2D eigenvalue weighted by Gasteiger charge is -2.27. The molecule has 20 heavy (non-hydrogen) atoms. The van der Waals surface area contributed by atoms with Crippen LogP contribution in [0.4, 0.5) is 0 Å². The van der Waals surface area contributed by atoms with Crippen molar-refractivity contribution in [1.29, 1.82) is 0 Å². The second-order valence-electron chi connectivity index (χ2n) is 3.55. The highest BCUT2D eigenvalue weighted by Crippen LogP contribution is 2.15. The van der Waals surface area contributed by atoms with Crippen molar-refractivity contribution >= 4 is 8.80 Å². The first-order valence-electron chi connectivity index (χ1n) is 6.80. The van der Waals surface area contributed by atoms with Gasteiger partial charge in [-0.15, -0.1) is 6.58 Å². The fourth-order valence-corrected chi connectivity index (χ4v) is 3.70. The Morgan fingerprint density at radius 1 is 0.900 bits per heavy atom. The largest absolute Gasteiger partial charge is 0.504 e. The summed E-state index contributed by atoms with van der Waals surface area (Å²) in [6, 6.07) is 0.683. The molecule has 0 saturated carbocycles. The molecule has 0 bridgehead atoms. The second-order valence-corrected chi connectivity index (χ2v) is 6.19. The van der Waals surface area contributed by atoms with Gasteiger partial charge in [-0.3, -0.25) is 0 Å². The Labute approximate surface area is 124 Å². The van der Waals surface area contributed by atoms with Crippen LogP contribution in [0.25, 0.3) is 0 Å². The molecule has 0 N–H and O–H groups in total. The van der Waals surface area contributed by atoms with Crippen molar-refractivity contribution in [2.75, 3.05) is 34.0 Å². The van der Waals surface area contributed by atoms with Crippen LogP contribution in [0.2, 0.25) is 6.04 Å². The lowest BCUT2D eigenvalue weighted by Crippen LogP contribution is -2.45. The van der Waals surface area contributed by atoms with E-state index >= 15 is 0 Å². The maximum atomic E-state index is 5.57. The normalized spacial score (nSPS) is 10.9. The second kappa shape index (κ2) is 14.9. The summed E-state index contributed by atoms with van der Waals surface area (Å²) in [6.07, 6.45) is 3.13. The molecule has 0 amide bonds. The van der Waals surface area contributed by atoms with Crippen LogP contribution in [0.15, 0.2) is 25.3 Å². The van der Waals surface area contributed by atoms with E-state index in [1.54, 1.807) is 26.4 Å². The lowest BCUT2D eigenvalue weighted by molar-refractivity contribution is -0.0663. The molecular weight excluding hydrogens is 276 g/mol. The number of methoxy groups -OCH3 is 2. The Morgan fingerprint density at radius 2 is 1.30 bits per heavy atom. The van der Waals surface area contributed by atoms with Crippen LogP contribution in [0, 0.1) is 0 Å². The zero-order valence-corrected chi connectivity index (χ0v) is 14.5. The molecule has 120 valence electrons. The minimum atomic E-state index is -2.41. The van der Waals surface area contributed by atoms with Gasteiger partial charge in [0.15, 0.2) is 6.29 Å². The number of rotatable bonds is 11. The number of hydrogen-bond donors (Lipinski definition) is 0. The number of hydrogen-bond acceptors (Lipinski definition) is 5. The summed E-state index contributed by atoms with van der Waals surface area (Å²) >= 11 is 0. The van der Waals surface area contributed by atoms with Crippen molar-refractivity contribution in [3.63, 3.8) is 0 Å². The third-order valence-corrected chi connectivity index (χ3v) is 5.12. The maximum absolute atomic E-state index is 5.57. The molecule has 0 aliphatic heterocycles.